The topological polar surface area (TPSA) is 52.9 Å². The number of carbonyl (C=O) groups is 1. The third-order valence-electron chi connectivity index (χ3n) is 2.71. The van der Waals surface area contributed by atoms with Crippen LogP contribution in [0.1, 0.15) is 15.9 Å². The van der Waals surface area contributed by atoms with Gasteiger partial charge in [0.25, 0.3) is 5.91 Å². The zero-order valence-corrected chi connectivity index (χ0v) is 12.1. The molecule has 0 heterocycles. The van der Waals surface area contributed by atoms with Crippen molar-refractivity contribution in [3.05, 3.63) is 62.9 Å². The van der Waals surface area contributed by atoms with E-state index in [-0.39, 0.29) is 5.69 Å². The van der Waals surface area contributed by atoms with E-state index in [2.05, 4.69) is 5.32 Å². The third kappa shape index (κ3) is 2.86. The largest absolute Gasteiger partial charge is 0.322 e. The first-order valence-electron chi connectivity index (χ1n) is 5.69. The molecule has 1 N–H and O–H groups in total. The summed E-state index contributed by atoms with van der Waals surface area (Å²) in [5.74, 6) is -5.77. The average Bonchev–Trinajstić information content (AvgIpc) is 2.52. The number of hydrogen-bond donors (Lipinski definition) is 1. The number of anilines is 1. The van der Waals surface area contributed by atoms with Crippen LogP contribution in [0.5, 0.6) is 0 Å². The summed E-state index contributed by atoms with van der Waals surface area (Å²) < 4.78 is 40.9. The van der Waals surface area contributed by atoms with Gasteiger partial charge in [0.15, 0.2) is 17.5 Å². The highest BCUT2D eigenvalue weighted by atomic mass is 35.5. The molecule has 3 nitrogen and oxygen atoms in total. The fourth-order valence-corrected chi connectivity index (χ4v) is 2.05. The Balaban J connectivity index is 2.40. The number of halogens is 5. The summed E-state index contributed by atoms with van der Waals surface area (Å²) in [4.78, 5) is 11.9. The quantitative estimate of drug-likeness (QED) is 0.642. The Labute approximate surface area is 132 Å². The molecule has 0 aromatic heterocycles. The van der Waals surface area contributed by atoms with Crippen molar-refractivity contribution >= 4 is 34.8 Å². The van der Waals surface area contributed by atoms with Crippen molar-refractivity contribution in [3.63, 3.8) is 0 Å². The molecule has 0 unspecified atom stereocenters. The Bertz CT molecular complexity index is 772. The Hall–Kier alpha value is -2.23. The minimum atomic E-state index is -1.55. The number of nitrogens with one attached hydrogen (secondary N) is 1. The molecule has 0 aliphatic carbocycles. The minimum Gasteiger partial charge on any atom is -0.322 e. The van der Waals surface area contributed by atoms with E-state index < -0.39 is 39.0 Å². The van der Waals surface area contributed by atoms with Gasteiger partial charge in [0.05, 0.1) is 11.6 Å². The van der Waals surface area contributed by atoms with E-state index in [1.165, 1.54) is 24.3 Å². The molecule has 0 radical (unpaired) electrons. The molecule has 2 aromatic carbocycles. The lowest BCUT2D eigenvalue weighted by Gasteiger charge is -2.10. The lowest BCUT2D eigenvalue weighted by atomic mass is 10.1. The SMILES string of the molecule is N#Cc1ccc(NC(=O)c2c(F)c(Cl)c(F)c(Cl)c2F)cc1. The molecular formula is C14H5Cl2F3N2O. The van der Waals surface area contributed by atoms with Gasteiger partial charge in [-0.25, -0.2) is 13.2 Å². The van der Waals surface area contributed by atoms with Crippen LogP contribution in [-0.2, 0) is 0 Å². The van der Waals surface area contributed by atoms with Gasteiger partial charge < -0.3 is 5.32 Å². The first-order valence-corrected chi connectivity index (χ1v) is 6.45. The van der Waals surface area contributed by atoms with E-state index >= 15 is 0 Å². The predicted octanol–water partition coefficient (Wildman–Crippen LogP) is 4.53. The monoisotopic (exact) mass is 344 g/mol. The van der Waals surface area contributed by atoms with Crippen molar-refractivity contribution in [3.8, 4) is 6.07 Å². The number of carbonyl (C=O) groups excluding carboxylic acids is 1. The molecule has 0 spiro atoms. The molecule has 0 aliphatic heterocycles. The van der Waals surface area contributed by atoms with Gasteiger partial charge >= 0.3 is 0 Å². The number of amides is 1. The van der Waals surface area contributed by atoms with Gasteiger partial charge in [-0.1, -0.05) is 23.2 Å². The molecule has 112 valence electrons. The van der Waals surface area contributed by atoms with Gasteiger partial charge in [-0.3, -0.25) is 4.79 Å². The predicted molar refractivity (Wildman–Crippen MR) is 75.4 cm³/mol. The number of nitrogens with zero attached hydrogens (tertiary/aromatic N) is 1. The first kappa shape index (κ1) is 16.1. The van der Waals surface area contributed by atoms with Crippen LogP contribution in [-0.4, -0.2) is 5.91 Å². The van der Waals surface area contributed by atoms with Crippen molar-refractivity contribution in [2.24, 2.45) is 0 Å². The average molecular weight is 345 g/mol. The molecule has 2 rings (SSSR count). The van der Waals surface area contributed by atoms with Crippen LogP contribution in [0.15, 0.2) is 24.3 Å². The van der Waals surface area contributed by atoms with Crippen molar-refractivity contribution in [1.82, 2.24) is 0 Å². The van der Waals surface area contributed by atoms with Crippen LogP contribution in [0.2, 0.25) is 10.0 Å². The van der Waals surface area contributed by atoms with Crippen LogP contribution in [0.4, 0.5) is 18.9 Å². The maximum Gasteiger partial charge on any atom is 0.261 e. The smallest absolute Gasteiger partial charge is 0.261 e. The Kier molecular flexibility index (Phi) is 4.59. The standard InChI is InChI=1S/C14H5Cl2F3N2O/c15-9-11(17)8(12(18)10(16)13(9)19)14(22)21-7-3-1-6(5-20)2-4-7/h1-4H,(H,21,22). The zero-order chi connectivity index (χ0) is 16.4. The second kappa shape index (κ2) is 6.26. The molecule has 0 bridgehead atoms. The summed E-state index contributed by atoms with van der Waals surface area (Å²) in [5, 5.41) is 8.70. The van der Waals surface area contributed by atoms with Gasteiger partial charge in [0.2, 0.25) is 0 Å². The molecular weight excluding hydrogens is 340 g/mol. The molecule has 2 aromatic rings. The van der Waals surface area contributed by atoms with E-state index in [0.29, 0.717) is 5.56 Å². The van der Waals surface area contributed by atoms with Crippen molar-refractivity contribution in [2.45, 2.75) is 0 Å². The molecule has 1 amide bonds. The fourth-order valence-electron chi connectivity index (χ4n) is 1.63. The van der Waals surface area contributed by atoms with Gasteiger partial charge in [-0.05, 0) is 24.3 Å². The Morgan fingerprint density at radius 2 is 1.50 bits per heavy atom. The highest BCUT2D eigenvalue weighted by Crippen LogP contribution is 2.32. The maximum atomic E-state index is 13.8. The van der Waals surface area contributed by atoms with Crippen LogP contribution in [0.3, 0.4) is 0 Å². The van der Waals surface area contributed by atoms with Gasteiger partial charge in [-0.2, -0.15) is 5.26 Å². The maximum absolute atomic E-state index is 13.8. The van der Waals surface area contributed by atoms with E-state index in [1.54, 1.807) is 0 Å². The molecule has 8 heteroatoms. The summed E-state index contributed by atoms with van der Waals surface area (Å²) in [6, 6.07) is 7.38. The lowest BCUT2D eigenvalue weighted by molar-refractivity contribution is 0.101. The Morgan fingerprint density at radius 3 is 1.95 bits per heavy atom. The van der Waals surface area contributed by atoms with E-state index in [1.807, 2.05) is 6.07 Å². The van der Waals surface area contributed by atoms with Crippen LogP contribution >= 0.6 is 23.2 Å². The van der Waals surface area contributed by atoms with Crippen LogP contribution in [0.25, 0.3) is 0 Å². The van der Waals surface area contributed by atoms with Crippen molar-refractivity contribution in [1.29, 1.82) is 5.26 Å². The van der Waals surface area contributed by atoms with E-state index in [4.69, 9.17) is 28.5 Å². The zero-order valence-electron chi connectivity index (χ0n) is 10.6. The summed E-state index contributed by atoms with van der Waals surface area (Å²) in [7, 11) is 0. The normalized spacial score (nSPS) is 10.2. The van der Waals surface area contributed by atoms with Crippen molar-refractivity contribution in [2.75, 3.05) is 5.32 Å². The highest BCUT2D eigenvalue weighted by molar-refractivity contribution is 6.35. The fraction of sp³-hybridized carbons (Fsp3) is 0. The van der Waals surface area contributed by atoms with E-state index in [0.717, 1.165) is 0 Å². The van der Waals surface area contributed by atoms with Crippen LogP contribution in [0, 0.1) is 28.8 Å². The highest BCUT2D eigenvalue weighted by Gasteiger charge is 2.27. The number of hydrogen-bond acceptors (Lipinski definition) is 2. The number of benzene rings is 2. The Morgan fingerprint density at radius 1 is 1.00 bits per heavy atom. The van der Waals surface area contributed by atoms with Gasteiger partial charge in [0, 0.05) is 5.69 Å². The summed E-state index contributed by atoms with van der Waals surface area (Å²) in [5.41, 5.74) is -0.580. The summed E-state index contributed by atoms with van der Waals surface area (Å²) in [6.45, 7) is 0. The number of rotatable bonds is 2. The van der Waals surface area contributed by atoms with Gasteiger partial charge in [0.1, 0.15) is 15.6 Å². The third-order valence-corrected chi connectivity index (χ3v) is 3.37. The lowest BCUT2D eigenvalue weighted by Crippen LogP contribution is -2.17. The van der Waals surface area contributed by atoms with E-state index in [9.17, 15) is 18.0 Å². The number of nitriles is 1. The van der Waals surface area contributed by atoms with Crippen molar-refractivity contribution < 1.29 is 18.0 Å². The van der Waals surface area contributed by atoms with Gasteiger partial charge in [-0.15, -0.1) is 0 Å². The second-order valence-electron chi connectivity index (χ2n) is 4.09. The molecule has 0 fully saturated rings. The molecule has 0 atom stereocenters. The summed E-state index contributed by atoms with van der Waals surface area (Å²) >= 11 is 10.7. The molecule has 0 saturated heterocycles. The molecule has 0 aliphatic rings. The second-order valence-corrected chi connectivity index (χ2v) is 4.84. The first-order chi connectivity index (χ1) is 10.4. The van der Waals surface area contributed by atoms with Crippen LogP contribution < -0.4 is 5.32 Å². The minimum absolute atomic E-state index is 0.180. The summed E-state index contributed by atoms with van der Waals surface area (Å²) in [6.07, 6.45) is 0. The molecule has 22 heavy (non-hydrogen) atoms. The molecule has 0 saturated carbocycles.